The zero-order chi connectivity index (χ0) is 13.5. The summed E-state index contributed by atoms with van der Waals surface area (Å²) < 4.78 is 0. The van der Waals surface area contributed by atoms with E-state index in [9.17, 15) is 0 Å². The molecule has 0 radical (unpaired) electrons. The molecular formula is C16H17N3. The number of aromatic nitrogens is 1. The normalized spacial score (nSPS) is 12.1. The quantitative estimate of drug-likeness (QED) is 0.819. The van der Waals surface area contributed by atoms with Gasteiger partial charge in [0.1, 0.15) is 0 Å². The number of hydrogen-bond acceptors (Lipinski definition) is 3. The van der Waals surface area contributed by atoms with Gasteiger partial charge in [0.05, 0.1) is 18.2 Å². The molecule has 1 unspecified atom stereocenters. The van der Waals surface area contributed by atoms with Gasteiger partial charge in [-0.25, -0.2) is 0 Å². The van der Waals surface area contributed by atoms with Gasteiger partial charge < -0.3 is 0 Å². The zero-order valence-electron chi connectivity index (χ0n) is 11.0. The van der Waals surface area contributed by atoms with E-state index in [0.717, 1.165) is 12.2 Å². The molecule has 1 atom stereocenters. The molecule has 1 heterocycles. The molecular weight excluding hydrogens is 234 g/mol. The van der Waals surface area contributed by atoms with Crippen LogP contribution >= 0.6 is 0 Å². The molecule has 0 saturated heterocycles. The van der Waals surface area contributed by atoms with E-state index in [4.69, 9.17) is 5.26 Å². The van der Waals surface area contributed by atoms with Crippen LogP contribution in [-0.4, -0.2) is 16.9 Å². The molecule has 3 nitrogen and oxygen atoms in total. The summed E-state index contributed by atoms with van der Waals surface area (Å²) in [5.74, 6) is 0. The smallest absolute Gasteiger partial charge is 0.0641 e. The van der Waals surface area contributed by atoms with E-state index in [1.165, 1.54) is 5.56 Å². The number of nitriles is 1. The molecule has 0 N–H and O–H groups in total. The first-order valence-corrected chi connectivity index (χ1v) is 6.33. The Bertz CT molecular complexity index is 531. The summed E-state index contributed by atoms with van der Waals surface area (Å²) in [7, 11) is 2.03. The van der Waals surface area contributed by atoms with Gasteiger partial charge in [-0.3, -0.25) is 9.88 Å². The molecule has 96 valence electrons. The van der Waals surface area contributed by atoms with Gasteiger partial charge in [0.2, 0.25) is 0 Å². The topological polar surface area (TPSA) is 39.9 Å². The van der Waals surface area contributed by atoms with E-state index in [1.807, 2.05) is 43.4 Å². The third kappa shape index (κ3) is 3.64. The average Bonchev–Trinajstić information content (AvgIpc) is 2.46. The van der Waals surface area contributed by atoms with Crippen molar-refractivity contribution >= 4 is 0 Å². The van der Waals surface area contributed by atoms with Crippen LogP contribution in [0.2, 0.25) is 0 Å². The Morgan fingerprint density at radius 2 is 1.89 bits per heavy atom. The SMILES string of the molecule is CN(Cc1ccccn1)C(CC#N)c1ccccc1. The lowest BCUT2D eigenvalue weighted by atomic mass is 10.0. The minimum atomic E-state index is 0.105. The van der Waals surface area contributed by atoms with Crippen LogP contribution < -0.4 is 0 Å². The van der Waals surface area contributed by atoms with Crippen LogP contribution in [0.1, 0.15) is 23.7 Å². The Morgan fingerprint density at radius 3 is 2.53 bits per heavy atom. The van der Waals surface area contributed by atoms with Gasteiger partial charge in [-0.1, -0.05) is 36.4 Å². The van der Waals surface area contributed by atoms with Crippen molar-refractivity contribution in [2.75, 3.05) is 7.05 Å². The second-order valence-electron chi connectivity index (χ2n) is 4.52. The summed E-state index contributed by atoms with van der Waals surface area (Å²) in [6, 6.07) is 18.4. The molecule has 0 fully saturated rings. The summed E-state index contributed by atoms with van der Waals surface area (Å²) in [5.41, 5.74) is 2.19. The molecule has 2 rings (SSSR count). The largest absolute Gasteiger partial charge is 0.293 e. The third-order valence-corrected chi connectivity index (χ3v) is 3.14. The van der Waals surface area contributed by atoms with Crippen molar-refractivity contribution in [2.24, 2.45) is 0 Å². The van der Waals surface area contributed by atoms with Gasteiger partial charge in [0.25, 0.3) is 0 Å². The lowest BCUT2D eigenvalue weighted by Crippen LogP contribution is -2.24. The highest BCUT2D eigenvalue weighted by molar-refractivity contribution is 5.20. The van der Waals surface area contributed by atoms with Crippen LogP contribution in [0.25, 0.3) is 0 Å². The Kier molecular flexibility index (Phi) is 4.66. The Balaban J connectivity index is 2.14. The van der Waals surface area contributed by atoms with E-state index in [0.29, 0.717) is 6.42 Å². The van der Waals surface area contributed by atoms with Gasteiger partial charge in [-0.05, 0) is 24.7 Å². The van der Waals surface area contributed by atoms with Gasteiger partial charge in [0.15, 0.2) is 0 Å². The summed E-state index contributed by atoms with van der Waals surface area (Å²) in [5, 5.41) is 9.02. The fourth-order valence-corrected chi connectivity index (χ4v) is 2.15. The predicted octanol–water partition coefficient (Wildman–Crippen LogP) is 3.17. The molecule has 0 aliphatic heterocycles. The maximum atomic E-state index is 9.02. The molecule has 3 heteroatoms. The van der Waals surface area contributed by atoms with Gasteiger partial charge in [-0.15, -0.1) is 0 Å². The molecule has 19 heavy (non-hydrogen) atoms. The van der Waals surface area contributed by atoms with Crippen LogP contribution in [0.3, 0.4) is 0 Å². The Hall–Kier alpha value is -2.18. The Morgan fingerprint density at radius 1 is 1.16 bits per heavy atom. The molecule has 2 aromatic rings. The van der Waals surface area contributed by atoms with Crippen molar-refractivity contribution in [1.29, 1.82) is 5.26 Å². The van der Waals surface area contributed by atoms with Crippen molar-refractivity contribution in [2.45, 2.75) is 19.0 Å². The van der Waals surface area contributed by atoms with E-state index < -0.39 is 0 Å². The summed E-state index contributed by atoms with van der Waals surface area (Å²) in [6.45, 7) is 0.738. The first-order chi connectivity index (χ1) is 9.31. The fourth-order valence-electron chi connectivity index (χ4n) is 2.15. The molecule has 1 aromatic heterocycles. The molecule has 0 aliphatic rings. The lowest BCUT2D eigenvalue weighted by Gasteiger charge is -2.26. The average molecular weight is 251 g/mol. The van der Waals surface area contributed by atoms with Crippen LogP contribution in [0.4, 0.5) is 0 Å². The summed E-state index contributed by atoms with van der Waals surface area (Å²) >= 11 is 0. The number of benzene rings is 1. The first-order valence-electron chi connectivity index (χ1n) is 6.33. The molecule has 0 amide bonds. The first kappa shape index (κ1) is 13.3. The van der Waals surface area contributed by atoms with Crippen molar-refractivity contribution in [1.82, 2.24) is 9.88 Å². The minimum Gasteiger partial charge on any atom is -0.293 e. The van der Waals surface area contributed by atoms with E-state index >= 15 is 0 Å². The predicted molar refractivity (Wildman–Crippen MR) is 75.1 cm³/mol. The number of rotatable bonds is 5. The van der Waals surface area contributed by atoms with Crippen LogP contribution in [0, 0.1) is 11.3 Å². The molecule has 0 bridgehead atoms. The highest BCUT2D eigenvalue weighted by Crippen LogP contribution is 2.23. The van der Waals surface area contributed by atoms with E-state index in [2.05, 4.69) is 28.1 Å². The summed E-state index contributed by atoms with van der Waals surface area (Å²) in [4.78, 5) is 6.50. The van der Waals surface area contributed by atoms with E-state index in [-0.39, 0.29) is 6.04 Å². The monoisotopic (exact) mass is 251 g/mol. The standard InChI is InChI=1S/C16H17N3/c1-19(13-15-9-5-6-12-18-15)16(10-11-17)14-7-3-2-4-8-14/h2-9,12,16H,10,13H2,1H3. The number of nitrogens with zero attached hydrogens (tertiary/aromatic N) is 3. The second-order valence-corrected chi connectivity index (χ2v) is 4.52. The van der Waals surface area contributed by atoms with Crippen LogP contribution in [0.15, 0.2) is 54.7 Å². The minimum absolute atomic E-state index is 0.105. The summed E-state index contributed by atoms with van der Waals surface area (Å²) in [6.07, 6.45) is 2.28. The molecule has 0 spiro atoms. The van der Waals surface area contributed by atoms with Crippen molar-refractivity contribution in [3.8, 4) is 6.07 Å². The van der Waals surface area contributed by atoms with Crippen molar-refractivity contribution < 1.29 is 0 Å². The van der Waals surface area contributed by atoms with Crippen LogP contribution in [0.5, 0.6) is 0 Å². The number of hydrogen-bond donors (Lipinski definition) is 0. The van der Waals surface area contributed by atoms with Crippen LogP contribution in [-0.2, 0) is 6.54 Å². The van der Waals surface area contributed by atoms with Gasteiger partial charge in [-0.2, -0.15) is 5.26 Å². The highest BCUT2D eigenvalue weighted by Gasteiger charge is 2.16. The Labute approximate surface area is 114 Å². The van der Waals surface area contributed by atoms with Gasteiger partial charge >= 0.3 is 0 Å². The molecule has 0 aliphatic carbocycles. The zero-order valence-corrected chi connectivity index (χ0v) is 11.0. The van der Waals surface area contributed by atoms with Crippen molar-refractivity contribution in [3.63, 3.8) is 0 Å². The highest BCUT2D eigenvalue weighted by atomic mass is 15.1. The lowest BCUT2D eigenvalue weighted by molar-refractivity contribution is 0.236. The molecule has 1 aromatic carbocycles. The maximum Gasteiger partial charge on any atom is 0.0641 e. The number of pyridine rings is 1. The fraction of sp³-hybridized carbons (Fsp3) is 0.250. The molecule has 0 saturated carbocycles. The van der Waals surface area contributed by atoms with E-state index in [1.54, 1.807) is 6.20 Å². The maximum absolute atomic E-state index is 9.02. The van der Waals surface area contributed by atoms with Gasteiger partial charge in [0, 0.05) is 18.8 Å². The second kappa shape index (κ2) is 6.67. The van der Waals surface area contributed by atoms with Crippen molar-refractivity contribution in [3.05, 3.63) is 66.0 Å². The third-order valence-electron chi connectivity index (χ3n) is 3.14.